The lowest BCUT2D eigenvalue weighted by atomic mass is 9.88. The third-order valence-corrected chi connectivity index (χ3v) is 3.77. The summed E-state index contributed by atoms with van der Waals surface area (Å²) < 4.78 is 0. The van der Waals surface area contributed by atoms with Crippen molar-refractivity contribution in [1.82, 2.24) is 4.90 Å². The normalized spacial score (nSPS) is 20.2. The maximum atomic E-state index is 9.27. The highest BCUT2D eigenvalue weighted by Gasteiger charge is 2.28. The molecule has 1 fully saturated rings. The molecule has 1 rings (SSSR count). The van der Waals surface area contributed by atoms with Crippen molar-refractivity contribution < 1.29 is 10.2 Å². The quantitative estimate of drug-likeness (QED) is 0.725. The molecule has 0 unspecified atom stereocenters. The van der Waals surface area contributed by atoms with Gasteiger partial charge >= 0.3 is 0 Å². The van der Waals surface area contributed by atoms with E-state index in [4.69, 9.17) is 0 Å². The summed E-state index contributed by atoms with van der Waals surface area (Å²) >= 11 is 0. The van der Waals surface area contributed by atoms with Crippen molar-refractivity contribution >= 4 is 0 Å². The fourth-order valence-corrected chi connectivity index (χ4v) is 2.53. The standard InChI is InChI=1S/C13H27NO2/c1-3-4-12-5-7-14(8-6-12)9-13(2,10-15)11-16/h12,15-16H,3-11H2,1-2H3. The van der Waals surface area contributed by atoms with Crippen LogP contribution in [-0.2, 0) is 0 Å². The Bertz CT molecular complexity index is 184. The zero-order valence-corrected chi connectivity index (χ0v) is 10.8. The molecule has 1 heterocycles. The molecule has 2 N–H and O–H groups in total. The number of hydrogen-bond donors (Lipinski definition) is 2. The third-order valence-electron chi connectivity index (χ3n) is 3.77. The van der Waals surface area contributed by atoms with Gasteiger partial charge in [0.25, 0.3) is 0 Å². The molecule has 16 heavy (non-hydrogen) atoms. The number of likely N-dealkylation sites (tertiary alicyclic amines) is 1. The molecule has 1 aliphatic rings. The van der Waals surface area contributed by atoms with Crippen LogP contribution in [0.1, 0.15) is 39.5 Å². The van der Waals surface area contributed by atoms with Crippen LogP contribution >= 0.6 is 0 Å². The minimum atomic E-state index is -0.336. The van der Waals surface area contributed by atoms with Crippen molar-refractivity contribution in [3.8, 4) is 0 Å². The van der Waals surface area contributed by atoms with Gasteiger partial charge in [-0.3, -0.25) is 0 Å². The molecular formula is C13H27NO2. The van der Waals surface area contributed by atoms with Gasteiger partial charge in [-0.2, -0.15) is 0 Å². The first-order chi connectivity index (χ1) is 7.63. The van der Waals surface area contributed by atoms with Crippen molar-refractivity contribution in [3.05, 3.63) is 0 Å². The number of aliphatic hydroxyl groups excluding tert-OH is 2. The molecule has 0 bridgehead atoms. The molecule has 0 atom stereocenters. The summed E-state index contributed by atoms with van der Waals surface area (Å²) in [5.41, 5.74) is -0.336. The minimum Gasteiger partial charge on any atom is -0.396 e. The molecule has 1 aliphatic heterocycles. The van der Waals surface area contributed by atoms with Gasteiger partial charge in [-0.15, -0.1) is 0 Å². The lowest BCUT2D eigenvalue weighted by Crippen LogP contribution is -2.44. The molecule has 3 heteroatoms. The van der Waals surface area contributed by atoms with Gasteiger partial charge in [0.05, 0.1) is 13.2 Å². The van der Waals surface area contributed by atoms with E-state index >= 15 is 0 Å². The first-order valence-electron chi connectivity index (χ1n) is 6.57. The number of nitrogens with zero attached hydrogens (tertiary/aromatic N) is 1. The zero-order valence-electron chi connectivity index (χ0n) is 10.8. The smallest absolute Gasteiger partial charge is 0.0519 e. The number of aliphatic hydroxyl groups is 2. The molecule has 0 aromatic carbocycles. The summed E-state index contributed by atoms with van der Waals surface area (Å²) in [6.07, 6.45) is 5.20. The molecule has 0 amide bonds. The minimum absolute atomic E-state index is 0.0678. The maximum Gasteiger partial charge on any atom is 0.0519 e. The summed E-state index contributed by atoms with van der Waals surface area (Å²) in [4.78, 5) is 2.39. The second kappa shape index (κ2) is 6.58. The van der Waals surface area contributed by atoms with E-state index in [1.54, 1.807) is 0 Å². The van der Waals surface area contributed by atoms with E-state index in [1.807, 2.05) is 6.92 Å². The van der Waals surface area contributed by atoms with E-state index in [1.165, 1.54) is 25.7 Å². The summed E-state index contributed by atoms with van der Waals surface area (Å²) in [5.74, 6) is 0.899. The highest BCUT2D eigenvalue weighted by molar-refractivity contribution is 4.80. The predicted molar refractivity (Wildman–Crippen MR) is 66.4 cm³/mol. The summed E-state index contributed by atoms with van der Waals surface area (Å²) in [5, 5.41) is 18.5. The van der Waals surface area contributed by atoms with E-state index in [0.29, 0.717) is 0 Å². The van der Waals surface area contributed by atoms with Crippen molar-refractivity contribution in [2.75, 3.05) is 32.8 Å². The third kappa shape index (κ3) is 4.04. The van der Waals surface area contributed by atoms with Crippen molar-refractivity contribution in [2.24, 2.45) is 11.3 Å². The van der Waals surface area contributed by atoms with Crippen LogP contribution in [0.5, 0.6) is 0 Å². The van der Waals surface area contributed by atoms with E-state index in [2.05, 4.69) is 11.8 Å². The van der Waals surface area contributed by atoms with Crippen LogP contribution in [-0.4, -0.2) is 48.0 Å². The summed E-state index contributed by atoms with van der Waals surface area (Å²) in [6, 6.07) is 0. The van der Waals surface area contributed by atoms with Crippen LogP contribution in [0.25, 0.3) is 0 Å². The Morgan fingerprint density at radius 1 is 1.19 bits per heavy atom. The first kappa shape index (κ1) is 13.9. The monoisotopic (exact) mass is 229 g/mol. The van der Waals surface area contributed by atoms with Crippen molar-refractivity contribution in [2.45, 2.75) is 39.5 Å². The summed E-state index contributed by atoms with van der Waals surface area (Å²) in [6.45, 7) is 7.40. The molecule has 3 nitrogen and oxygen atoms in total. The number of hydrogen-bond acceptors (Lipinski definition) is 3. The van der Waals surface area contributed by atoms with Crippen LogP contribution in [0.2, 0.25) is 0 Å². The van der Waals surface area contributed by atoms with E-state index < -0.39 is 0 Å². The Labute approximate surface area is 99.5 Å². The largest absolute Gasteiger partial charge is 0.396 e. The second-order valence-corrected chi connectivity index (χ2v) is 5.64. The molecule has 0 aromatic heterocycles. The van der Waals surface area contributed by atoms with Gasteiger partial charge < -0.3 is 15.1 Å². The molecule has 0 radical (unpaired) electrons. The van der Waals surface area contributed by atoms with E-state index in [-0.39, 0.29) is 18.6 Å². The first-order valence-corrected chi connectivity index (χ1v) is 6.57. The van der Waals surface area contributed by atoms with Crippen LogP contribution in [0.3, 0.4) is 0 Å². The molecule has 0 spiro atoms. The maximum absolute atomic E-state index is 9.27. The van der Waals surface area contributed by atoms with Crippen molar-refractivity contribution in [1.29, 1.82) is 0 Å². The second-order valence-electron chi connectivity index (χ2n) is 5.64. The zero-order chi connectivity index (χ0) is 12.0. The van der Waals surface area contributed by atoms with Crippen LogP contribution in [0, 0.1) is 11.3 Å². The Kier molecular flexibility index (Phi) is 5.73. The van der Waals surface area contributed by atoms with Gasteiger partial charge in [0.2, 0.25) is 0 Å². The average molecular weight is 229 g/mol. The Morgan fingerprint density at radius 2 is 1.75 bits per heavy atom. The molecule has 0 aliphatic carbocycles. The lowest BCUT2D eigenvalue weighted by Gasteiger charge is -2.37. The fourth-order valence-electron chi connectivity index (χ4n) is 2.53. The van der Waals surface area contributed by atoms with Gasteiger partial charge in [-0.1, -0.05) is 26.7 Å². The van der Waals surface area contributed by atoms with Crippen molar-refractivity contribution in [3.63, 3.8) is 0 Å². The van der Waals surface area contributed by atoms with E-state index in [0.717, 1.165) is 25.6 Å². The Balaban J connectivity index is 2.31. The van der Waals surface area contributed by atoms with Gasteiger partial charge in [-0.25, -0.2) is 0 Å². The van der Waals surface area contributed by atoms with Crippen LogP contribution in [0.15, 0.2) is 0 Å². The number of piperidine rings is 1. The lowest BCUT2D eigenvalue weighted by molar-refractivity contribution is 0.0245. The molecule has 0 aromatic rings. The van der Waals surface area contributed by atoms with Gasteiger partial charge in [0.15, 0.2) is 0 Å². The molecule has 0 saturated carbocycles. The van der Waals surface area contributed by atoms with E-state index in [9.17, 15) is 10.2 Å². The predicted octanol–water partition coefficient (Wildman–Crippen LogP) is 1.49. The highest BCUT2D eigenvalue weighted by Crippen LogP contribution is 2.24. The SMILES string of the molecule is CCCC1CCN(CC(C)(CO)CO)CC1. The fraction of sp³-hybridized carbons (Fsp3) is 1.00. The van der Waals surface area contributed by atoms with Gasteiger partial charge in [-0.05, 0) is 31.8 Å². The van der Waals surface area contributed by atoms with Gasteiger partial charge in [0, 0.05) is 12.0 Å². The number of rotatable bonds is 6. The Morgan fingerprint density at radius 3 is 2.19 bits per heavy atom. The van der Waals surface area contributed by atoms with Gasteiger partial charge in [0.1, 0.15) is 0 Å². The summed E-state index contributed by atoms with van der Waals surface area (Å²) in [7, 11) is 0. The Hall–Kier alpha value is -0.120. The highest BCUT2D eigenvalue weighted by atomic mass is 16.3. The molecular weight excluding hydrogens is 202 g/mol. The molecule has 96 valence electrons. The molecule has 1 saturated heterocycles. The van der Waals surface area contributed by atoms with Crippen LogP contribution < -0.4 is 0 Å². The topological polar surface area (TPSA) is 43.7 Å². The average Bonchev–Trinajstić information content (AvgIpc) is 2.32. The van der Waals surface area contributed by atoms with Crippen LogP contribution in [0.4, 0.5) is 0 Å².